The van der Waals surface area contributed by atoms with E-state index in [0.717, 1.165) is 41.5 Å². The van der Waals surface area contributed by atoms with E-state index in [4.69, 9.17) is 11.6 Å². The topological polar surface area (TPSA) is 28.2 Å². The van der Waals surface area contributed by atoms with Crippen molar-refractivity contribution in [2.75, 3.05) is 24.5 Å². The maximum Gasteiger partial charge on any atom is 0.0851 e. The fraction of sp³-hybridized carbons (Fsp3) is 0.667. The van der Waals surface area contributed by atoms with Gasteiger partial charge < -0.3 is 10.2 Å². The SMILES string of the molecule is Cc1nccc(N2CCC(C3CCCN3)CC2)c1Cl. The van der Waals surface area contributed by atoms with E-state index in [1.807, 2.05) is 19.2 Å². The summed E-state index contributed by atoms with van der Waals surface area (Å²) in [6.07, 6.45) is 7.12. The summed E-state index contributed by atoms with van der Waals surface area (Å²) < 4.78 is 0. The van der Waals surface area contributed by atoms with Crippen LogP contribution in [-0.2, 0) is 0 Å². The summed E-state index contributed by atoms with van der Waals surface area (Å²) in [5.74, 6) is 0.848. The molecule has 1 aromatic rings. The van der Waals surface area contributed by atoms with Gasteiger partial charge in [0.05, 0.1) is 16.4 Å². The predicted molar refractivity (Wildman–Crippen MR) is 79.9 cm³/mol. The summed E-state index contributed by atoms with van der Waals surface area (Å²) in [6, 6.07) is 2.81. The van der Waals surface area contributed by atoms with E-state index in [1.54, 1.807) is 0 Å². The first-order valence-corrected chi connectivity index (χ1v) is 7.73. The maximum absolute atomic E-state index is 6.37. The van der Waals surface area contributed by atoms with Gasteiger partial charge in [0, 0.05) is 25.3 Å². The van der Waals surface area contributed by atoms with Crippen molar-refractivity contribution >= 4 is 17.3 Å². The van der Waals surface area contributed by atoms with Crippen LogP contribution < -0.4 is 10.2 Å². The Kier molecular flexibility index (Phi) is 3.94. The quantitative estimate of drug-likeness (QED) is 0.902. The van der Waals surface area contributed by atoms with Crippen molar-refractivity contribution in [3.8, 4) is 0 Å². The Hall–Kier alpha value is -0.800. The fourth-order valence-electron chi connectivity index (χ4n) is 3.44. The summed E-state index contributed by atoms with van der Waals surface area (Å²) in [7, 11) is 0. The van der Waals surface area contributed by atoms with Crippen LogP contribution in [0.15, 0.2) is 12.3 Å². The van der Waals surface area contributed by atoms with Crippen LogP contribution in [0.1, 0.15) is 31.4 Å². The van der Waals surface area contributed by atoms with Gasteiger partial charge in [0.25, 0.3) is 0 Å². The van der Waals surface area contributed by atoms with Crippen molar-refractivity contribution in [3.05, 3.63) is 23.0 Å². The monoisotopic (exact) mass is 279 g/mol. The molecule has 0 radical (unpaired) electrons. The zero-order valence-electron chi connectivity index (χ0n) is 11.5. The van der Waals surface area contributed by atoms with Crippen molar-refractivity contribution in [2.45, 2.75) is 38.6 Å². The lowest BCUT2D eigenvalue weighted by Gasteiger charge is -2.36. The molecule has 3 nitrogen and oxygen atoms in total. The zero-order valence-corrected chi connectivity index (χ0v) is 12.3. The van der Waals surface area contributed by atoms with Crippen LogP contribution in [0.4, 0.5) is 5.69 Å². The summed E-state index contributed by atoms with van der Waals surface area (Å²) in [5.41, 5.74) is 2.09. The fourth-order valence-corrected chi connectivity index (χ4v) is 3.67. The standard InChI is InChI=1S/C15H22ClN3/c1-11-15(16)14(4-8-17-11)19-9-5-12(6-10-19)13-3-2-7-18-13/h4,8,12-13,18H,2-3,5-7,9-10H2,1H3. The molecule has 2 aliphatic rings. The van der Waals surface area contributed by atoms with Gasteiger partial charge in [0.15, 0.2) is 0 Å². The number of hydrogen-bond acceptors (Lipinski definition) is 3. The highest BCUT2D eigenvalue weighted by Gasteiger charge is 2.28. The van der Waals surface area contributed by atoms with Crippen LogP contribution in [0.5, 0.6) is 0 Å². The lowest BCUT2D eigenvalue weighted by atomic mass is 9.88. The number of nitrogens with one attached hydrogen (secondary N) is 1. The lowest BCUT2D eigenvalue weighted by Crippen LogP contribution is -2.41. The molecule has 0 spiro atoms. The number of nitrogens with zero attached hydrogens (tertiary/aromatic N) is 2. The first-order valence-electron chi connectivity index (χ1n) is 7.35. The number of aromatic nitrogens is 1. The second-order valence-corrected chi connectivity index (χ2v) is 6.13. The second kappa shape index (κ2) is 5.68. The van der Waals surface area contributed by atoms with Crippen LogP contribution in [0.2, 0.25) is 5.02 Å². The van der Waals surface area contributed by atoms with E-state index < -0.39 is 0 Å². The molecule has 0 bridgehead atoms. The summed E-state index contributed by atoms with van der Waals surface area (Å²) in [6.45, 7) is 5.42. The number of aryl methyl sites for hydroxylation is 1. The Bertz CT molecular complexity index is 435. The van der Waals surface area contributed by atoms with Gasteiger partial charge in [-0.15, -0.1) is 0 Å². The first kappa shape index (κ1) is 13.2. The molecule has 0 aliphatic carbocycles. The van der Waals surface area contributed by atoms with Crippen LogP contribution in [0, 0.1) is 12.8 Å². The second-order valence-electron chi connectivity index (χ2n) is 5.76. The molecule has 0 saturated carbocycles. The Morgan fingerprint density at radius 2 is 2.11 bits per heavy atom. The van der Waals surface area contributed by atoms with Crippen molar-refractivity contribution in [1.82, 2.24) is 10.3 Å². The number of hydrogen-bond donors (Lipinski definition) is 1. The molecular formula is C15H22ClN3. The summed E-state index contributed by atoms with van der Waals surface area (Å²) in [5, 5.41) is 4.47. The molecule has 2 saturated heterocycles. The molecule has 2 aliphatic heterocycles. The van der Waals surface area contributed by atoms with Crippen LogP contribution in [-0.4, -0.2) is 30.7 Å². The van der Waals surface area contributed by atoms with Crippen LogP contribution >= 0.6 is 11.6 Å². The van der Waals surface area contributed by atoms with E-state index in [1.165, 1.54) is 32.2 Å². The van der Waals surface area contributed by atoms with Gasteiger partial charge in [-0.25, -0.2) is 0 Å². The Morgan fingerprint density at radius 1 is 1.32 bits per heavy atom. The molecule has 1 aromatic heterocycles. The zero-order chi connectivity index (χ0) is 13.2. The number of pyridine rings is 1. The molecule has 1 atom stereocenters. The van der Waals surface area contributed by atoms with Gasteiger partial charge in [-0.2, -0.15) is 0 Å². The van der Waals surface area contributed by atoms with E-state index in [9.17, 15) is 0 Å². The highest BCUT2D eigenvalue weighted by atomic mass is 35.5. The average Bonchev–Trinajstić information content (AvgIpc) is 2.96. The molecule has 2 fully saturated rings. The molecule has 0 aromatic carbocycles. The highest BCUT2D eigenvalue weighted by Crippen LogP contribution is 2.32. The summed E-state index contributed by atoms with van der Waals surface area (Å²) in [4.78, 5) is 6.66. The Labute approximate surface area is 120 Å². The normalized spacial score (nSPS) is 24.9. The van der Waals surface area contributed by atoms with Crippen molar-refractivity contribution in [2.24, 2.45) is 5.92 Å². The molecule has 0 amide bonds. The average molecular weight is 280 g/mol. The van der Waals surface area contributed by atoms with Crippen LogP contribution in [0.25, 0.3) is 0 Å². The van der Waals surface area contributed by atoms with Gasteiger partial charge in [-0.1, -0.05) is 11.6 Å². The van der Waals surface area contributed by atoms with Crippen molar-refractivity contribution in [1.29, 1.82) is 0 Å². The smallest absolute Gasteiger partial charge is 0.0851 e. The maximum atomic E-state index is 6.37. The molecule has 3 heterocycles. The first-order chi connectivity index (χ1) is 9.25. The molecule has 4 heteroatoms. The number of halogens is 1. The van der Waals surface area contributed by atoms with Gasteiger partial charge in [-0.3, -0.25) is 4.98 Å². The van der Waals surface area contributed by atoms with Gasteiger partial charge in [0.2, 0.25) is 0 Å². The molecular weight excluding hydrogens is 258 g/mol. The predicted octanol–water partition coefficient (Wildman–Crippen LogP) is 3.01. The molecule has 1 unspecified atom stereocenters. The molecule has 1 N–H and O–H groups in total. The minimum Gasteiger partial charge on any atom is -0.370 e. The number of piperidine rings is 1. The Balaban J connectivity index is 1.64. The Morgan fingerprint density at radius 3 is 2.79 bits per heavy atom. The molecule has 104 valence electrons. The van der Waals surface area contributed by atoms with Gasteiger partial charge in [-0.05, 0) is 51.1 Å². The highest BCUT2D eigenvalue weighted by molar-refractivity contribution is 6.33. The third kappa shape index (κ3) is 2.72. The third-order valence-corrected chi connectivity index (χ3v) is 5.06. The van der Waals surface area contributed by atoms with E-state index in [0.29, 0.717) is 0 Å². The van der Waals surface area contributed by atoms with Gasteiger partial charge in [0.1, 0.15) is 0 Å². The van der Waals surface area contributed by atoms with Gasteiger partial charge >= 0.3 is 0 Å². The molecule has 3 rings (SSSR count). The minimum absolute atomic E-state index is 0.761. The summed E-state index contributed by atoms with van der Waals surface area (Å²) >= 11 is 6.37. The van der Waals surface area contributed by atoms with E-state index in [2.05, 4.69) is 15.2 Å². The largest absolute Gasteiger partial charge is 0.370 e. The van der Waals surface area contributed by atoms with E-state index in [-0.39, 0.29) is 0 Å². The van der Waals surface area contributed by atoms with E-state index >= 15 is 0 Å². The molecule has 19 heavy (non-hydrogen) atoms. The van der Waals surface area contributed by atoms with Crippen LogP contribution in [0.3, 0.4) is 0 Å². The minimum atomic E-state index is 0.761. The van der Waals surface area contributed by atoms with Crippen molar-refractivity contribution in [3.63, 3.8) is 0 Å². The number of rotatable bonds is 2. The lowest BCUT2D eigenvalue weighted by molar-refractivity contribution is 0.319. The number of anilines is 1. The third-order valence-electron chi connectivity index (χ3n) is 4.59. The van der Waals surface area contributed by atoms with Crippen molar-refractivity contribution < 1.29 is 0 Å².